The number of aromatic nitrogens is 3. The first-order valence-corrected chi connectivity index (χ1v) is 7.11. The van der Waals surface area contributed by atoms with Crippen LogP contribution in [0.5, 0.6) is 0 Å². The Morgan fingerprint density at radius 1 is 1.33 bits per heavy atom. The van der Waals surface area contributed by atoms with Crippen LogP contribution in [0.25, 0.3) is 0 Å². The first-order valence-electron chi connectivity index (χ1n) is 7.11. The van der Waals surface area contributed by atoms with Gasteiger partial charge in [-0.25, -0.2) is 0 Å². The van der Waals surface area contributed by atoms with Crippen LogP contribution in [0.2, 0.25) is 0 Å². The van der Waals surface area contributed by atoms with E-state index in [1.165, 1.54) is 25.7 Å². The Morgan fingerprint density at radius 3 is 2.67 bits per heavy atom. The molecule has 0 amide bonds. The van der Waals surface area contributed by atoms with Crippen LogP contribution in [-0.4, -0.2) is 44.8 Å². The van der Waals surface area contributed by atoms with Crippen molar-refractivity contribution in [2.45, 2.75) is 63.8 Å². The van der Waals surface area contributed by atoms with Crippen LogP contribution < -0.4 is 5.32 Å². The summed E-state index contributed by atoms with van der Waals surface area (Å²) in [6.45, 7) is 4.08. The molecule has 2 unspecified atom stereocenters. The van der Waals surface area contributed by atoms with Gasteiger partial charge in [0.2, 0.25) is 0 Å². The lowest BCUT2D eigenvalue weighted by atomic mass is 9.97. The van der Waals surface area contributed by atoms with E-state index >= 15 is 0 Å². The number of nitrogens with one attached hydrogen (secondary N) is 1. The van der Waals surface area contributed by atoms with Crippen molar-refractivity contribution in [3.8, 4) is 0 Å². The minimum Gasteiger partial charge on any atom is -0.317 e. The van der Waals surface area contributed by atoms with Crippen LogP contribution in [0.15, 0.2) is 6.33 Å². The summed E-state index contributed by atoms with van der Waals surface area (Å²) in [4.78, 5) is 2.66. The Kier molecular flexibility index (Phi) is 3.35. The highest BCUT2D eigenvalue weighted by molar-refractivity contribution is 4.99. The highest BCUT2D eigenvalue weighted by Crippen LogP contribution is 2.36. The first-order chi connectivity index (χ1) is 8.81. The number of fused-ring (bicyclic) bond motifs is 2. The zero-order valence-corrected chi connectivity index (χ0v) is 11.3. The molecule has 100 valence electrons. The quantitative estimate of drug-likeness (QED) is 0.865. The minimum absolute atomic E-state index is 0.711. The second kappa shape index (κ2) is 4.97. The molecule has 3 heterocycles. The second-order valence-corrected chi connectivity index (χ2v) is 5.55. The third-order valence-corrected chi connectivity index (χ3v) is 4.65. The highest BCUT2D eigenvalue weighted by Gasteiger charge is 2.40. The van der Waals surface area contributed by atoms with Gasteiger partial charge in [0.15, 0.2) is 0 Å². The summed E-state index contributed by atoms with van der Waals surface area (Å²) < 4.78 is 2.16. The van der Waals surface area contributed by atoms with Gasteiger partial charge in [0.1, 0.15) is 12.2 Å². The second-order valence-electron chi connectivity index (χ2n) is 5.55. The molecule has 5 heteroatoms. The van der Waals surface area contributed by atoms with Gasteiger partial charge >= 0.3 is 0 Å². The fourth-order valence-electron chi connectivity index (χ4n) is 3.60. The van der Waals surface area contributed by atoms with Crippen molar-refractivity contribution in [2.75, 3.05) is 7.05 Å². The summed E-state index contributed by atoms with van der Waals surface area (Å²) in [6.07, 6.45) is 7.12. The van der Waals surface area contributed by atoms with E-state index in [9.17, 15) is 0 Å². The molecule has 2 aliphatic heterocycles. The Balaban J connectivity index is 1.71. The molecule has 18 heavy (non-hydrogen) atoms. The summed E-state index contributed by atoms with van der Waals surface area (Å²) in [5, 5.41) is 11.8. The molecule has 1 N–H and O–H groups in total. The van der Waals surface area contributed by atoms with Crippen molar-refractivity contribution in [2.24, 2.45) is 0 Å². The molecule has 2 fully saturated rings. The highest BCUT2D eigenvalue weighted by atomic mass is 15.3. The topological polar surface area (TPSA) is 46.0 Å². The Bertz CT molecular complexity index is 388. The molecule has 1 aromatic heterocycles. The van der Waals surface area contributed by atoms with Gasteiger partial charge in [-0.3, -0.25) is 4.90 Å². The molecule has 0 saturated carbocycles. The number of rotatable bonds is 4. The van der Waals surface area contributed by atoms with E-state index in [4.69, 9.17) is 0 Å². The number of aryl methyl sites for hydroxylation is 1. The maximum absolute atomic E-state index is 4.27. The number of hydrogen-bond acceptors (Lipinski definition) is 4. The normalized spacial score (nSPS) is 32.0. The first kappa shape index (κ1) is 12.1. The molecule has 5 nitrogen and oxygen atoms in total. The summed E-state index contributed by atoms with van der Waals surface area (Å²) in [7, 11) is 2.09. The van der Waals surface area contributed by atoms with E-state index in [1.54, 1.807) is 0 Å². The average molecular weight is 249 g/mol. The van der Waals surface area contributed by atoms with Crippen molar-refractivity contribution >= 4 is 0 Å². The van der Waals surface area contributed by atoms with Crippen LogP contribution in [0.3, 0.4) is 0 Å². The van der Waals surface area contributed by atoms with Crippen molar-refractivity contribution in [1.82, 2.24) is 25.0 Å². The summed E-state index contributed by atoms with van der Waals surface area (Å²) in [5.74, 6) is 1.12. The summed E-state index contributed by atoms with van der Waals surface area (Å²) >= 11 is 0. The fourth-order valence-corrected chi connectivity index (χ4v) is 3.60. The monoisotopic (exact) mass is 249 g/mol. The molecule has 0 spiro atoms. The van der Waals surface area contributed by atoms with E-state index in [1.807, 2.05) is 6.33 Å². The Hall–Kier alpha value is -0.940. The van der Waals surface area contributed by atoms with Crippen LogP contribution in [0, 0.1) is 0 Å². The van der Waals surface area contributed by atoms with Crippen LogP contribution in [-0.2, 0) is 13.1 Å². The summed E-state index contributed by atoms with van der Waals surface area (Å²) in [5.41, 5.74) is 0. The smallest absolute Gasteiger partial charge is 0.147 e. The summed E-state index contributed by atoms with van der Waals surface area (Å²) in [6, 6.07) is 2.19. The van der Waals surface area contributed by atoms with Gasteiger partial charge in [-0.15, -0.1) is 10.2 Å². The average Bonchev–Trinajstić information content (AvgIpc) is 2.92. The zero-order valence-electron chi connectivity index (χ0n) is 11.3. The Morgan fingerprint density at radius 2 is 2.06 bits per heavy atom. The van der Waals surface area contributed by atoms with E-state index in [2.05, 4.69) is 39.0 Å². The largest absolute Gasteiger partial charge is 0.317 e. The molecule has 2 saturated heterocycles. The predicted molar refractivity (Wildman–Crippen MR) is 70.1 cm³/mol. The van der Waals surface area contributed by atoms with Crippen molar-refractivity contribution in [3.63, 3.8) is 0 Å². The van der Waals surface area contributed by atoms with Crippen molar-refractivity contribution in [3.05, 3.63) is 12.2 Å². The minimum atomic E-state index is 0.711. The molecule has 2 atom stereocenters. The van der Waals surface area contributed by atoms with Crippen molar-refractivity contribution in [1.29, 1.82) is 0 Å². The van der Waals surface area contributed by atoms with Crippen LogP contribution in [0.1, 0.15) is 38.4 Å². The molecule has 1 aromatic rings. The van der Waals surface area contributed by atoms with Crippen molar-refractivity contribution < 1.29 is 0 Å². The molecule has 0 aliphatic carbocycles. The van der Waals surface area contributed by atoms with E-state index in [0.717, 1.165) is 31.0 Å². The van der Waals surface area contributed by atoms with E-state index in [0.29, 0.717) is 6.04 Å². The van der Waals surface area contributed by atoms with Crippen LogP contribution >= 0.6 is 0 Å². The maximum Gasteiger partial charge on any atom is 0.147 e. The molecule has 3 rings (SSSR count). The SMILES string of the molecule is CCn1cnnc1CN1C2CCC1CC(NC)C2. The zero-order chi connectivity index (χ0) is 12.5. The van der Waals surface area contributed by atoms with Gasteiger partial charge in [0.25, 0.3) is 0 Å². The standard InChI is InChI=1S/C13H23N5/c1-3-17-9-15-16-13(17)8-18-11-4-5-12(18)7-10(6-11)14-2/h9-12,14H,3-8H2,1-2H3. The molecule has 2 bridgehead atoms. The molecule has 2 aliphatic rings. The molecule has 0 radical (unpaired) electrons. The van der Waals surface area contributed by atoms with Gasteiger partial charge < -0.3 is 9.88 Å². The number of hydrogen-bond donors (Lipinski definition) is 1. The maximum atomic E-state index is 4.27. The number of nitrogens with zero attached hydrogens (tertiary/aromatic N) is 4. The lowest BCUT2D eigenvalue weighted by molar-refractivity contribution is 0.107. The predicted octanol–water partition coefficient (Wildman–Crippen LogP) is 1.01. The molecular formula is C13H23N5. The Labute approximate surface area is 109 Å². The number of piperidine rings is 1. The van der Waals surface area contributed by atoms with Crippen LogP contribution in [0.4, 0.5) is 0 Å². The van der Waals surface area contributed by atoms with E-state index < -0.39 is 0 Å². The van der Waals surface area contributed by atoms with E-state index in [-0.39, 0.29) is 0 Å². The lowest BCUT2D eigenvalue weighted by Gasteiger charge is -2.38. The van der Waals surface area contributed by atoms with Gasteiger partial charge in [0, 0.05) is 24.7 Å². The van der Waals surface area contributed by atoms with Gasteiger partial charge in [-0.2, -0.15) is 0 Å². The van der Waals surface area contributed by atoms with Gasteiger partial charge in [-0.05, 0) is 39.7 Å². The fraction of sp³-hybridized carbons (Fsp3) is 0.846. The van der Waals surface area contributed by atoms with Gasteiger partial charge in [-0.1, -0.05) is 0 Å². The third-order valence-electron chi connectivity index (χ3n) is 4.65. The molecular weight excluding hydrogens is 226 g/mol. The third kappa shape index (κ3) is 2.06. The van der Waals surface area contributed by atoms with Gasteiger partial charge in [0.05, 0.1) is 6.54 Å². The molecule has 0 aromatic carbocycles. The lowest BCUT2D eigenvalue weighted by Crippen LogP contribution is -2.48.